The van der Waals surface area contributed by atoms with Crippen molar-refractivity contribution in [3.63, 3.8) is 0 Å². The summed E-state index contributed by atoms with van der Waals surface area (Å²) in [7, 11) is 3.26. The molecule has 4 heteroatoms. The molecule has 3 nitrogen and oxygen atoms in total. The minimum absolute atomic E-state index is 0.405. The van der Waals surface area contributed by atoms with Crippen LogP contribution in [0.4, 0.5) is 0 Å². The number of hydrogen-bond acceptors (Lipinski definition) is 4. The number of aryl methyl sites for hydroxylation is 1. The molecule has 1 aromatic rings. The predicted molar refractivity (Wildman–Crippen MR) is 60.6 cm³/mol. The summed E-state index contributed by atoms with van der Waals surface area (Å²) in [4.78, 5) is 0.932. The van der Waals surface area contributed by atoms with Crippen molar-refractivity contribution in [2.45, 2.75) is 11.8 Å². The Morgan fingerprint density at radius 2 is 1.93 bits per heavy atom. The molecule has 0 bridgehead atoms. The minimum atomic E-state index is 0.405. The second-order valence-electron chi connectivity index (χ2n) is 2.92. The van der Waals surface area contributed by atoms with E-state index in [1.165, 1.54) is 11.8 Å². The first-order valence-electron chi connectivity index (χ1n) is 4.45. The highest BCUT2D eigenvalue weighted by molar-refractivity contribution is 7.99. The van der Waals surface area contributed by atoms with E-state index in [4.69, 9.17) is 14.7 Å². The number of nitriles is 1. The molecule has 0 saturated carbocycles. The zero-order valence-electron chi connectivity index (χ0n) is 9.03. The summed E-state index contributed by atoms with van der Waals surface area (Å²) in [5.74, 6) is 2.01. The number of hydrogen-bond donors (Lipinski definition) is 0. The standard InChI is InChI=1S/C11H13NO2S/c1-8-6-10(14-3)11(15-5-4-12)7-9(8)13-2/h6-7H,5H2,1-3H3. The molecule has 0 amide bonds. The van der Waals surface area contributed by atoms with Gasteiger partial charge in [-0.05, 0) is 24.6 Å². The van der Waals surface area contributed by atoms with Gasteiger partial charge < -0.3 is 9.47 Å². The van der Waals surface area contributed by atoms with Gasteiger partial charge in [-0.1, -0.05) is 0 Å². The molecule has 0 aliphatic rings. The molecule has 15 heavy (non-hydrogen) atoms. The number of thioether (sulfide) groups is 1. The zero-order chi connectivity index (χ0) is 11.3. The van der Waals surface area contributed by atoms with Crippen LogP contribution >= 0.6 is 11.8 Å². The lowest BCUT2D eigenvalue weighted by molar-refractivity contribution is 0.392. The first-order valence-corrected chi connectivity index (χ1v) is 5.44. The van der Waals surface area contributed by atoms with Crippen LogP contribution in [0.25, 0.3) is 0 Å². The summed E-state index contributed by atoms with van der Waals surface area (Å²) in [5, 5.41) is 8.53. The van der Waals surface area contributed by atoms with Gasteiger partial charge in [-0.2, -0.15) is 5.26 Å². The summed E-state index contributed by atoms with van der Waals surface area (Å²) in [5.41, 5.74) is 1.02. The fourth-order valence-electron chi connectivity index (χ4n) is 1.25. The van der Waals surface area contributed by atoms with Crippen LogP contribution in [0.5, 0.6) is 11.5 Å². The van der Waals surface area contributed by atoms with E-state index < -0.39 is 0 Å². The SMILES string of the molecule is COc1cc(SCC#N)c(OC)cc1C. The number of benzene rings is 1. The summed E-state index contributed by atoms with van der Waals surface area (Å²) in [6.07, 6.45) is 0. The topological polar surface area (TPSA) is 42.2 Å². The third-order valence-corrected chi connectivity index (χ3v) is 2.88. The van der Waals surface area contributed by atoms with Crippen molar-refractivity contribution < 1.29 is 9.47 Å². The monoisotopic (exact) mass is 223 g/mol. The molecule has 0 aliphatic heterocycles. The Morgan fingerprint density at radius 3 is 2.47 bits per heavy atom. The molecule has 0 aliphatic carbocycles. The van der Waals surface area contributed by atoms with Gasteiger partial charge in [-0.25, -0.2) is 0 Å². The average molecular weight is 223 g/mol. The maximum absolute atomic E-state index is 8.53. The van der Waals surface area contributed by atoms with Gasteiger partial charge in [0.05, 0.1) is 30.9 Å². The van der Waals surface area contributed by atoms with Crippen LogP contribution in [0, 0.1) is 18.3 Å². The number of nitrogens with zero attached hydrogens (tertiary/aromatic N) is 1. The smallest absolute Gasteiger partial charge is 0.132 e. The minimum Gasteiger partial charge on any atom is -0.496 e. The first kappa shape index (κ1) is 11.7. The van der Waals surface area contributed by atoms with Crippen LogP contribution in [0.15, 0.2) is 17.0 Å². The molecule has 0 fully saturated rings. The largest absolute Gasteiger partial charge is 0.496 e. The van der Waals surface area contributed by atoms with Crippen LogP contribution in [0.3, 0.4) is 0 Å². The molecule has 0 atom stereocenters. The highest BCUT2D eigenvalue weighted by atomic mass is 32.2. The van der Waals surface area contributed by atoms with Crippen molar-refractivity contribution in [1.29, 1.82) is 5.26 Å². The Labute approximate surface area is 94.0 Å². The fraction of sp³-hybridized carbons (Fsp3) is 0.364. The molecular weight excluding hydrogens is 210 g/mol. The summed E-state index contributed by atoms with van der Waals surface area (Å²) >= 11 is 1.44. The van der Waals surface area contributed by atoms with Crippen LogP contribution < -0.4 is 9.47 Å². The molecule has 1 aromatic carbocycles. The van der Waals surface area contributed by atoms with Gasteiger partial charge in [0.2, 0.25) is 0 Å². The Bertz CT molecular complexity index is 385. The number of rotatable bonds is 4. The van der Waals surface area contributed by atoms with Crippen molar-refractivity contribution in [1.82, 2.24) is 0 Å². The normalized spacial score (nSPS) is 9.47. The van der Waals surface area contributed by atoms with E-state index in [9.17, 15) is 0 Å². The molecule has 0 aromatic heterocycles. The second-order valence-corrected chi connectivity index (χ2v) is 3.94. The van der Waals surface area contributed by atoms with Gasteiger partial charge in [0.25, 0.3) is 0 Å². The molecule has 0 radical (unpaired) electrons. The Kier molecular flexibility index (Phi) is 4.32. The fourth-order valence-corrected chi connectivity index (χ4v) is 1.94. The Hall–Kier alpha value is -1.34. The van der Waals surface area contributed by atoms with Crippen LogP contribution in [-0.4, -0.2) is 20.0 Å². The lowest BCUT2D eigenvalue weighted by atomic mass is 10.2. The van der Waals surface area contributed by atoms with Gasteiger partial charge in [-0.15, -0.1) is 11.8 Å². The zero-order valence-corrected chi connectivity index (χ0v) is 9.85. The van der Waals surface area contributed by atoms with Gasteiger partial charge in [0.15, 0.2) is 0 Å². The molecule has 0 unspecified atom stereocenters. The quantitative estimate of drug-likeness (QED) is 0.736. The highest BCUT2D eigenvalue weighted by Gasteiger charge is 2.08. The summed E-state index contributed by atoms with van der Waals surface area (Å²) < 4.78 is 10.5. The van der Waals surface area contributed by atoms with Gasteiger partial charge in [0.1, 0.15) is 11.5 Å². The van der Waals surface area contributed by atoms with E-state index in [2.05, 4.69) is 6.07 Å². The van der Waals surface area contributed by atoms with Gasteiger partial charge >= 0.3 is 0 Å². The number of ether oxygens (including phenoxy) is 2. The van der Waals surface area contributed by atoms with E-state index in [0.717, 1.165) is 22.0 Å². The number of methoxy groups -OCH3 is 2. The molecule has 1 rings (SSSR count). The molecular formula is C11H13NO2S. The van der Waals surface area contributed by atoms with Crippen molar-refractivity contribution in [2.24, 2.45) is 0 Å². The maximum atomic E-state index is 8.53. The maximum Gasteiger partial charge on any atom is 0.132 e. The van der Waals surface area contributed by atoms with E-state index in [-0.39, 0.29) is 0 Å². The van der Waals surface area contributed by atoms with E-state index in [1.54, 1.807) is 14.2 Å². The van der Waals surface area contributed by atoms with Crippen molar-refractivity contribution in [3.8, 4) is 17.6 Å². The first-order chi connectivity index (χ1) is 7.22. The molecule has 0 N–H and O–H groups in total. The molecule has 0 heterocycles. The van der Waals surface area contributed by atoms with E-state index in [1.807, 2.05) is 19.1 Å². The van der Waals surface area contributed by atoms with Crippen LogP contribution in [-0.2, 0) is 0 Å². The average Bonchev–Trinajstić information content (AvgIpc) is 2.26. The second kappa shape index (κ2) is 5.52. The lowest BCUT2D eigenvalue weighted by Gasteiger charge is -2.11. The molecule has 0 spiro atoms. The summed E-state index contributed by atoms with van der Waals surface area (Å²) in [6.45, 7) is 1.96. The molecule has 80 valence electrons. The van der Waals surface area contributed by atoms with E-state index in [0.29, 0.717) is 5.75 Å². The highest BCUT2D eigenvalue weighted by Crippen LogP contribution is 2.34. The lowest BCUT2D eigenvalue weighted by Crippen LogP contribution is -1.92. The van der Waals surface area contributed by atoms with Crippen molar-refractivity contribution >= 4 is 11.8 Å². The third kappa shape index (κ3) is 2.80. The van der Waals surface area contributed by atoms with Gasteiger partial charge in [0, 0.05) is 0 Å². The van der Waals surface area contributed by atoms with Crippen LogP contribution in [0.2, 0.25) is 0 Å². The Morgan fingerprint density at radius 1 is 1.27 bits per heavy atom. The van der Waals surface area contributed by atoms with Crippen molar-refractivity contribution in [2.75, 3.05) is 20.0 Å². The summed E-state index contributed by atoms with van der Waals surface area (Å²) in [6, 6.07) is 5.90. The molecule has 0 saturated heterocycles. The Balaban J connectivity index is 3.06. The predicted octanol–water partition coefficient (Wildman–Crippen LogP) is 2.63. The van der Waals surface area contributed by atoms with E-state index >= 15 is 0 Å². The third-order valence-electron chi connectivity index (χ3n) is 1.97. The van der Waals surface area contributed by atoms with Gasteiger partial charge in [-0.3, -0.25) is 0 Å². The van der Waals surface area contributed by atoms with Crippen molar-refractivity contribution in [3.05, 3.63) is 17.7 Å². The van der Waals surface area contributed by atoms with Crippen LogP contribution in [0.1, 0.15) is 5.56 Å².